The SMILES string of the molecule is O=C1c2ccccc2-c2cc[c-]c(-c3cc4c5c(cccc5n3)-c3ccccc3-4)c21.O=S(=O)(O)c1ccccn1.[Ir]. The van der Waals surface area contributed by atoms with Crippen LogP contribution < -0.4 is 0 Å². The maximum atomic E-state index is 13.3. The first kappa shape index (κ1) is 26.9. The molecule has 6 aromatic rings. The van der Waals surface area contributed by atoms with E-state index in [9.17, 15) is 13.2 Å². The average molecular weight is 732 g/mol. The Hall–Kier alpha value is -4.33. The van der Waals surface area contributed by atoms with Crippen molar-refractivity contribution in [3.63, 3.8) is 0 Å². The van der Waals surface area contributed by atoms with Crippen molar-refractivity contribution in [1.82, 2.24) is 9.97 Å². The summed E-state index contributed by atoms with van der Waals surface area (Å²) in [4.78, 5) is 21.7. The predicted octanol–water partition coefficient (Wildman–Crippen LogP) is 6.89. The van der Waals surface area contributed by atoms with Gasteiger partial charge in [0, 0.05) is 37.3 Å². The minimum atomic E-state index is -4.11. The zero-order chi connectivity index (χ0) is 27.4. The molecule has 0 saturated heterocycles. The van der Waals surface area contributed by atoms with Crippen molar-refractivity contribution in [3.05, 3.63) is 127 Å². The van der Waals surface area contributed by atoms with Crippen LogP contribution in [0.15, 0.2) is 114 Å². The van der Waals surface area contributed by atoms with Crippen molar-refractivity contribution in [1.29, 1.82) is 0 Å². The van der Waals surface area contributed by atoms with Crippen LogP contribution in [0.2, 0.25) is 0 Å². The summed E-state index contributed by atoms with van der Waals surface area (Å²) in [7, 11) is -4.11. The topological polar surface area (TPSA) is 97.2 Å². The maximum Gasteiger partial charge on any atom is 0.312 e. The van der Waals surface area contributed by atoms with Crippen LogP contribution in [0.25, 0.3) is 55.5 Å². The second kappa shape index (κ2) is 10.3. The molecule has 0 saturated carbocycles. The van der Waals surface area contributed by atoms with Crippen molar-refractivity contribution in [2.24, 2.45) is 0 Å². The molecule has 6 nitrogen and oxygen atoms in total. The summed E-state index contributed by atoms with van der Waals surface area (Å²) in [6.07, 6.45) is 1.29. The van der Waals surface area contributed by atoms with Gasteiger partial charge >= 0.3 is 10.1 Å². The van der Waals surface area contributed by atoms with Crippen LogP contribution in [0.3, 0.4) is 0 Å². The molecular weight excluding hydrogens is 713 g/mol. The summed E-state index contributed by atoms with van der Waals surface area (Å²) in [5.74, 6) is 0.0555. The molecule has 8 heteroatoms. The molecule has 0 fully saturated rings. The van der Waals surface area contributed by atoms with Crippen LogP contribution in [-0.2, 0) is 30.2 Å². The van der Waals surface area contributed by atoms with Crippen LogP contribution in [-0.4, -0.2) is 28.7 Å². The minimum absolute atomic E-state index is 0. The number of hydrogen-bond acceptors (Lipinski definition) is 5. The predicted molar refractivity (Wildman–Crippen MR) is 153 cm³/mol. The van der Waals surface area contributed by atoms with E-state index < -0.39 is 10.1 Å². The largest absolute Gasteiger partial charge is 0.312 e. The van der Waals surface area contributed by atoms with E-state index in [0.29, 0.717) is 5.56 Å². The van der Waals surface area contributed by atoms with E-state index in [4.69, 9.17) is 9.54 Å². The Morgan fingerprint density at radius 3 is 1.98 bits per heavy atom. The van der Waals surface area contributed by atoms with Crippen LogP contribution in [0.4, 0.5) is 0 Å². The maximum absolute atomic E-state index is 13.3. The molecule has 0 spiro atoms. The first-order valence-corrected chi connectivity index (χ1v) is 14.0. The molecule has 0 unspecified atom stereocenters. The fourth-order valence-electron chi connectivity index (χ4n) is 5.52. The zero-order valence-electron chi connectivity index (χ0n) is 21.2. The smallest absolute Gasteiger partial charge is 0.300 e. The molecule has 2 heterocycles. The van der Waals surface area contributed by atoms with Crippen LogP contribution in [0.5, 0.6) is 0 Å². The Kier molecular flexibility index (Phi) is 6.72. The number of nitrogens with zero attached hydrogens (tertiary/aromatic N) is 2. The summed E-state index contributed by atoms with van der Waals surface area (Å²) in [6.45, 7) is 0. The third-order valence-electron chi connectivity index (χ3n) is 7.19. The molecule has 2 aliphatic rings. The molecule has 1 radical (unpaired) electrons. The van der Waals surface area contributed by atoms with Crippen LogP contribution >= 0.6 is 0 Å². The average Bonchev–Trinajstić information content (AvgIpc) is 3.47. The third kappa shape index (κ3) is 4.42. The number of carbonyl (C=O) groups excluding carboxylic acids is 1. The van der Waals surface area contributed by atoms with Gasteiger partial charge < -0.3 is 0 Å². The van der Waals surface area contributed by atoms with E-state index >= 15 is 0 Å². The number of benzene rings is 4. The molecule has 0 atom stereocenters. The molecule has 8 rings (SSSR count). The third-order valence-corrected chi connectivity index (χ3v) is 7.96. The van der Waals surface area contributed by atoms with Gasteiger partial charge in [-0.05, 0) is 51.7 Å². The number of hydrogen-bond donors (Lipinski definition) is 1. The van der Waals surface area contributed by atoms with Gasteiger partial charge in [0.05, 0.1) is 5.52 Å². The van der Waals surface area contributed by atoms with Gasteiger partial charge in [0.15, 0.2) is 10.8 Å². The number of ketones is 1. The fourth-order valence-corrected chi connectivity index (χ4v) is 5.96. The summed E-state index contributed by atoms with van der Waals surface area (Å²) in [6, 6.07) is 36.1. The first-order chi connectivity index (χ1) is 19.4. The minimum Gasteiger partial charge on any atom is -0.300 e. The summed E-state index contributed by atoms with van der Waals surface area (Å²) in [5, 5.41) is 0.861. The molecule has 201 valence electrons. The van der Waals surface area contributed by atoms with E-state index in [1.54, 1.807) is 6.07 Å². The van der Waals surface area contributed by atoms with E-state index in [-0.39, 0.29) is 30.9 Å². The van der Waals surface area contributed by atoms with Gasteiger partial charge in [-0.25, -0.2) is 4.98 Å². The Labute approximate surface area is 249 Å². The molecule has 0 bridgehead atoms. The van der Waals surface area contributed by atoms with E-state index in [2.05, 4.69) is 59.6 Å². The molecule has 1 N–H and O–H groups in total. The quantitative estimate of drug-likeness (QED) is 0.154. The number of fused-ring (bicyclic) bond motifs is 6. The molecule has 0 aliphatic heterocycles. The standard InChI is InChI=1S/C28H14NO.C5H5NO3S.Ir/c30-28-21-10-4-3-9-18(21)20-11-5-13-22(27(20)28)25-15-23-17-8-2-1-7-16(17)19-12-6-14-24(29-25)26(19)23;7-10(8,9)5-3-1-2-4-6-5;/h1-12,14-15H;1-4H,(H,7,8,9);/q-1;;. The van der Waals surface area contributed by atoms with Gasteiger partial charge in [0.25, 0.3) is 0 Å². The van der Waals surface area contributed by atoms with Gasteiger partial charge in [-0.15, -0.1) is 23.8 Å². The molecule has 4 aromatic carbocycles. The van der Waals surface area contributed by atoms with Crippen molar-refractivity contribution < 1.29 is 37.9 Å². The monoisotopic (exact) mass is 732 g/mol. The Bertz CT molecular complexity index is 2110. The molecule has 0 amide bonds. The number of pyridine rings is 2. The van der Waals surface area contributed by atoms with E-state index in [0.717, 1.165) is 33.5 Å². The van der Waals surface area contributed by atoms with Crippen molar-refractivity contribution in [3.8, 4) is 44.6 Å². The molecular formula is C33H19IrN2O4S-. The number of rotatable bonds is 2. The normalized spacial score (nSPS) is 12.1. The number of carbonyl (C=O) groups is 1. The van der Waals surface area contributed by atoms with Crippen molar-refractivity contribution in [2.45, 2.75) is 5.03 Å². The second-order valence-electron chi connectivity index (χ2n) is 9.46. The summed E-state index contributed by atoms with van der Waals surface area (Å²) < 4.78 is 29.1. The Balaban J connectivity index is 0.000000236. The molecule has 41 heavy (non-hydrogen) atoms. The van der Waals surface area contributed by atoms with Crippen molar-refractivity contribution >= 4 is 26.8 Å². The van der Waals surface area contributed by atoms with Gasteiger partial charge in [-0.2, -0.15) is 8.42 Å². The van der Waals surface area contributed by atoms with Gasteiger partial charge in [-0.1, -0.05) is 83.9 Å². The zero-order valence-corrected chi connectivity index (χ0v) is 24.4. The van der Waals surface area contributed by atoms with Crippen molar-refractivity contribution in [2.75, 3.05) is 0 Å². The first-order valence-electron chi connectivity index (χ1n) is 12.5. The van der Waals surface area contributed by atoms with Gasteiger partial charge in [-0.3, -0.25) is 14.3 Å². The number of aromatic nitrogens is 2. The van der Waals surface area contributed by atoms with E-state index in [1.807, 2.05) is 36.4 Å². The summed E-state index contributed by atoms with van der Waals surface area (Å²) >= 11 is 0. The Morgan fingerprint density at radius 1 is 0.683 bits per heavy atom. The molecule has 2 aliphatic carbocycles. The van der Waals surface area contributed by atoms with Gasteiger partial charge in [0.2, 0.25) is 0 Å². The second-order valence-corrected chi connectivity index (χ2v) is 10.8. The molecule has 2 aromatic heterocycles. The van der Waals surface area contributed by atoms with Crippen LogP contribution in [0.1, 0.15) is 15.9 Å². The van der Waals surface area contributed by atoms with Crippen LogP contribution in [0, 0.1) is 6.07 Å². The van der Waals surface area contributed by atoms with E-state index in [1.165, 1.54) is 46.0 Å². The fraction of sp³-hybridized carbons (Fsp3) is 0. The summed E-state index contributed by atoms with van der Waals surface area (Å²) in [5.41, 5.74) is 10.8. The Morgan fingerprint density at radius 2 is 1.32 bits per heavy atom. The van der Waals surface area contributed by atoms with Gasteiger partial charge in [0.1, 0.15) is 0 Å².